The highest BCUT2D eigenvalue weighted by atomic mass is 14.1. The SMILES string of the molecule is CCC(C)C(C=Cc1ccccc1)=Cc1ccccc1. The number of allylic oxidation sites excluding steroid dienone is 2. The van der Waals surface area contributed by atoms with Crippen molar-refractivity contribution >= 4 is 12.2 Å². The van der Waals surface area contributed by atoms with Crippen LogP contribution in [0.5, 0.6) is 0 Å². The highest BCUT2D eigenvalue weighted by Crippen LogP contribution is 2.20. The van der Waals surface area contributed by atoms with E-state index in [0.29, 0.717) is 5.92 Å². The molecular weight excluding hydrogens is 240 g/mol. The number of hydrogen-bond donors (Lipinski definition) is 0. The number of rotatable bonds is 5. The van der Waals surface area contributed by atoms with Crippen LogP contribution in [0, 0.1) is 5.92 Å². The van der Waals surface area contributed by atoms with Crippen molar-refractivity contribution in [2.75, 3.05) is 0 Å². The van der Waals surface area contributed by atoms with Gasteiger partial charge in [-0.1, -0.05) is 92.7 Å². The van der Waals surface area contributed by atoms with E-state index in [0.717, 1.165) is 6.42 Å². The van der Waals surface area contributed by atoms with Crippen LogP contribution in [0.2, 0.25) is 0 Å². The average Bonchev–Trinajstić information content (AvgIpc) is 2.52. The van der Waals surface area contributed by atoms with Crippen LogP contribution in [-0.4, -0.2) is 0 Å². The molecule has 2 rings (SSSR count). The first-order valence-electron chi connectivity index (χ1n) is 7.29. The molecule has 0 heterocycles. The second-order valence-electron chi connectivity index (χ2n) is 5.11. The molecule has 2 aromatic rings. The van der Waals surface area contributed by atoms with Gasteiger partial charge in [-0.15, -0.1) is 0 Å². The summed E-state index contributed by atoms with van der Waals surface area (Å²) in [6, 6.07) is 21.0. The van der Waals surface area contributed by atoms with Gasteiger partial charge in [0.2, 0.25) is 0 Å². The monoisotopic (exact) mass is 262 g/mol. The van der Waals surface area contributed by atoms with Gasteiger partial charge in [-0.25, -0.2) is 0 Å². The van der Waals surface area contributed by atoms with Gasteiger partial charge in [0.1, 0.15) is 0 Å². The minimum atomic E-state index is 0.565. The van der Waals surface area contributed by atoms with E-state index in [1.165, 1.54) is 16.7 Å². The summed E-state index contributed by atoms with van der Waals surface area (Å²) in [5.41, 5.74) is 3.89. The molecule has 0 aliphatic heterocycles. The molecule has 0 saturated heterocycles. The number of benzene rings is 2. The Balaban J connectivity index is 2.25. The zero-order valence-corrected chi connectivity index (χ0v) is 12.3. The maximum Gasteiger partial charge on any atom is -0.0193 e. The van der Waals surface area contributed by atoms with E-state index in [2.05, 4.69) is 86.7 Å². The molecule has 0 spiro atoms. The Morgan fingerprint density at radius 3 is 2.00 bits per heavy atom. The second kappa shape index (κ2) is 7.49. The highest BCUT2D eigenvalue weighted by molar-refractivity contribution is 5.61. The first kappa shape index (κ1) is 14.3. The molecule has 0 saturated carbocycles. The van der Waals surface area contributed by atoms with Crippen molar-refractivity contribution in [1.29, 1.82) is 0 Å². The molecule has 1 atom stereocenters. The van der Waals surface area contributed by atoms with Crippen LogP contribution in [0.4, 0.5) is 0 Å². The molecule has 0 heteroatoms. The fourth-order valence-corrected chi connectivity index (χ4v) is 2.09. The Kier molecular flexibility index (Phi) is 5.37. The molecule has 0 aromatic heterocycles. The molecule has 1 unspecified atom stereocenters. The summed E-state index contributed by atoms with van der Waals surface area (Å²) >= 11 is 0. The molecule has 0 aliphatic carbocycles. The highest BCUT2D eigenvalue weighted by Gasteiger charge is 2.03. The minimum absolute atomic E-state index is 0.565. The quantitative estimate of drug-likeness (QED) is 0.595. The molecule has 0 bridgehead atoms. The van der Waals surface area contributed by atoms with Crippen LogP contribution in [0.1, 0.15) is 31.4 Å². The minimum Gasteiger partial charge on any atom is -0.0648 e. The molecule has 102 valence electrons. The zero-order valence-electron chi connectivity index (χ0n) is 12.3. The van der Waals surface area contributed by atoms with Gasteiger partial charge in [0, 0.05) is 0 Å². The van der Waals surface area contributed by atoms with Crippen LogP contribution < -0.4 is 0 Å². The summed E-state index contributed by atoms with van der Waals surface area (Å²) in [6.45, 7) is 4.52. The van der Waals surface area contributed by atoms with E-state index in [9.17, 15) is 0 Å². The van der Waals surface area contributed by atoms with Gasteiger partial charge in [0.25, 0.3) is 0 Å². The van der Waals surface area contributed by atoms with E-state index in [1.807, 2.05) is 6.07 Å². The van der Waals surface area contributed by atoms with E-state index in [4.69, 9.17) is 0 Å². The summed E-state index contributed by atoms with van der Waals surface area (Å²) in [7, 11) is 0. The van der Waals surface area contributed by atoms with Crippen LogP contribution in [0.15, 0.2) is 72.3 Å². The lowest BCUT2D eigenvalue weighted by Gasteiger charge is -2.10. The Morgan fingerprint density at radius 1 is 0.900 bits per heavy atom. The van der Waals surface area contributed by atoms with E-state index in [1.54, 1.807) is 0 Å². The molecule has 0 aliphatic rings. The number of hydrogen-bond acceptors (Lipinski definition) is 0. The second-order valence-corrected chi connectivity index (χ2v) is 5.11. The van der Waals surface area contributed by atoms with Gasteiger partial charge >= 0.3 is 0 Å². The summed E-state index contributed by atoms with van der Waals surface area (Å²) < 4.78 is 0. The maximum absolute atomic E-state index is 2.29. The topological polar surface area (TPSA) is 0 Å². The van der Waals surface area contributed by atoms with Crippen LogP contribution in [0.3, 0.4) is 0 Å². The van der Waals surface area contributed by atoms with Crippen LogP contribution in [0.25, 0.3) is 12.2 Å². The smallest absolute Gasteiger partial charge is 0.0193 e. The summed E-state index contributed by atoms with van der Waals surface area (Å²) in [5, 5.41) is 0. The zero-order chi connectivity index (χ0) is 14.2. The summed E-state index contributed by atoms with van der Waals surface area (Å²) in [5.74, 6) is 0.565. The molecule has 0 fully saturated rings. The first-order valence-corrected chi connectivity index (χ1v) is 7.29. The van der Waals surface area contributed by atoms with Crippen molar-refractivity contribution in [3.05, 3.63) is 83.4 Å². The Bertz CT molecular complexity index is 562. The van der Waals surface area contributed by atoms with Crippen LogP contribution in [-0.2, 0) is 0 Å². The molecule has 0 radical (unpaired) electrons. The lowest BCUT2D eigenvalue weighted by molar-refractivity contribution is 0.675. The molecule has 2 aromatic carbocycles. The fourth-order valence-electron chi connectivity index (χ4n) is 2.09. The Hall–Kier alpha value is -2.08. The largest absolute Gasteiger partial charge is 0.0648 e. The third-order valence-corrected chi connectivity index (χ3v) is 3.58. The third-order valence-electron chi connectivity index (χ3n) is 3.58. The van der Waals surface area contributed by atoms with Gasteiger partial charge in [0.15, 0.2) is 0 Å². The standard InChI is InChI=1S/C20H22/c1-3-17(2)20(16-19-12-8-5-9-13-19)15-14-18-10-6-4-7-11-18/h4-17H,3H2,1-2H3. The van der Waals surface area contributed by atoms with Crippen molar-refractivity contribution in [2.24, 2.45) is 5.92 Å². The summed E-state index contributed by atoms with van der Waals surface area (Å²) in [4.78, 5) is 0. The predicted octanol–water partition coefficient (Wildman–Crippen LogP) is 5.83. The van der Waals surface area contributed by atoms with Gasteiger partial charge < -0.3 is 0 Å². The van der Waals surface area contributed by atoms with Gasteiger partial charge in [-0.2, -0.15) is 0 Å². The summed E-state index contributed by atoms with van der Waals surface area (Å²) in [6.07, 6.45) is 7.88. The van der Waals surface area contributed by atoms with Crippen molar-refractivity contribution in [3.8, 4) is 0 Å². The first-order chi connectivity index (χ1) is 9.79. The molecule has 0 amide bonds. The van der Waals surface area contributed by atoms with E-state index >= 15 is 0 Å². The Labute approximate surface area is 122 Å². The van der Waals surface area contributed by atoms with Gasteiger partial charge in [0.05, 0.1) is 0 Å². The van der Waals surface area contributed by atoms with Gasteiger partial charge in [-0.05, 0) is 29.0 Å². The van der Waals surface area contributed by atoms with Crippen molar-refractivity contribution < 1.29 is 0 Å². The average molecular weight is 262 g/mol. The molecule has 0 N–H and O–H groups in total. The van der Waals surface area contributed by atoms with Crippen molar-refractivity contribution in [3.63, 3.8) is 0 Å². The lowest BCUT2D eigenvalue weighted by atomic mass is 9.95. The third kappa shape index (κ3) is 4.24. The fraction of sp³-hybridized carbons (Fsp3) is 0.200. The van der Waals surface area contributed by atoms with E-state index < -0.39 is 0 Å². The molecule has 0 nitrogen and oxygen atoms in total. The lowest BCUT2D eigenvalue weighted by Crippen LogP contribution is -1.95. The van der Waals surface area contributed by atoms with Gasteiger partial charge in [-0.3, -0.25) is 0 Å². The normalized spacial score (nSPS) is 13.6. The molecular formula is C20H22. The van der Waals surface area contributed by atoms with Crippen molar-refractivity contribution in [1.82, 2.24) is 0 Å². The maximum atomic E-state index is 2.29. The van der Waals surface area contributed by atoms with Crippen molar-refractivity contribution in [2.45, 2.75) is 20.3 Å². The molecule has 20 heavy (non-hydrogen) atoms. The van der Waals surface area contributed by atoms with Crippen LogP contribution >= 0.6 is 0 Å². The Morgan fingerprint density at radius 2 is 1.45 bits per heavy atom. The van der Waals surface area contributed by atoms with E-state index in [-0.39, 0.29) is 0 Å². The predicted molar refractivity (Wildman–Crippen MR) is 89.4 cm³/mol.